The number of halogens is 1. The molecule has 1 aromatic heterocycles. The molecule has 26 heavy (non-hydrogen) atoms. The summed E-state index contributed by atoms with van der Waals surface area (Å²) in [6.45, 7) is 0. The molecular weight excluding hydrogens is 350 g/mol. The molecule has 0 atom stereocenters. The van der Waals surface area contributed by atoms with Gasteiger partial charge in [0.05, 0.1) is 7.11 Å². The molecule has 0 aliphatic heterocycles. The molecule has 0 unspecified atom stereocenters. The molecule has 3 aromatic rings. The van der Waals surface area contributed by atoms with Gasteiger partial charge >= 0.3 is 6.03 Å². The third-order valence-electron chi connectivity index (χ3n) is 3.87. The predicted molar refractivity (Wildman–Crippen MR) is 104 cm³/mol. The Labute approximate surface area is 156 Å². The number of carbonyl (C=O) groups is 1. The number of nitrogens with one attached hydrogen (secondary N) is 1. The smallest absolute Gasteiger partial charge is 0.316 e. The fourth-order valence-corrected chi connectivity index (χ4v) is 2.89. The maximum absolute atomic E-state index is 10.9. The molecule has 0 spiro atoms. The Morgan fingerprint density at radius 3 is 2.58 bits per heavy atom. The van der Waals surface area contributed by atoms with Crippen LogP contribution < -0.4 is 15.8 Å². The summed E-state index contributed by atoms with van der Waals surface area (Å²) < 4.78 is 5.39. The predicted octanol–water partition coefficient (Wildman–Crippen LogP) is 4.49. The molecule has 2 amide bonds. The maximum atomic E-state index is 10.9. The zero-order valence-electron chi connectivity index (χ0n) is 14.2. The standard InChI is InChI=1S/C20H18ClN3O2/c1-26-19-18(15-3-2-4-16(21)11-15)10-14(12-23-19)9-13-5-7-17(8-6-13)24-20(22)25/h2-8,10-12H,9H2,1H3,(H3,22,24,25). The number of hydrogen-bond acceptors (Lipinski definition) is 3. The largest absolute Gasteiger partial charge is 0.481 e. The van der Waals surface area contributed by atoms with Crippen LogP contribution in [-0.4, -0.2) is 18.1 Å². The van der Waals surface area contributed by atoms with E-state index in [0.717, 1.165) is 22.3 Å². The van der Waals surface area contributed by atoms with E-state index in [1.807, 2.05) is 54.6 Å². The van der Waals surface area contributed by atoms with E-state index in [9.17, 15) is 4.79 Å². The van der Waals surface area contributed by atoms with Crippen molar-refractivity contribution in [3.05, 3.63) is 76.9 Å². The molecule has 0 aliphatic carbocycles. The number of hydrogen-bond donors (Lipinski definition) is 2. The van der Waals surface area contributed by atoms with Crippen LogP contribution in [0.4, 0.5) is 10.5 Å². The van der Waals surface area contributed by atoms with Gasteiger partial charge in [0.15, 0.2) is 0 Å². The van der Waals surface area contributed by atoms with Gasteiger partial charge in [-0.2, -0.15) is 0 Å². The summed E-state index contributed by atoms with van der Waals surface area (Å²) in [5.74, 6) is 0.553. The number of nitrogens with zero attached hydrogens (tertiary/aromatic N) is 1. The van der Waals surface area contributed by atoms with Crippen molar-refractivity contribution in [2.24, 2.45) is 5.73 Å². The Bertz CT molecular complexity index is 927. The molecule has 0 bridgehead atoms. The minimum atomic E-state index is -0.580. The van der Waals surface area contributed by atoms with Gasteiger partial charge in [-0.15, -0.1) is 0 Å². The lowest BCUT2D eigenvalue weighted by Crippen LogP contribution is -2.19. The van der Waals surface area contributed by atoms with E-state index < -0.39 is 6.03 Å². The van der Waals surface area contributed by atoms with E-state index in [0.29, 0.717) is 23.0 Å². The van der Waals surface area contributed by atoms with E-state index in [-0.39, 0.29) is 0 Å². The zero-order valence-corrected chi connectivity index (χ0v) is 15.0. The van der Waals surface area contributed by atoms with Gasteiger partial charge in [0.1, 0.15) is 0 Å². The summed E-state index contributed by atoms with van der Waals surface area (Å²) in [7, 11) is 1.60. The summed E-state index contributed by atoms with van der Waals surface area (Å²) in [4.78, 5) is 15.3. The topological polar surface area (TPSA) is 77.2 Å². The second-order valence-corrected chi connectivity index (χ2v) is 6.21. The number of primary amides is 1. The Morgan fingerprint density at radius 2 is 1.92 bits per heavy atom. The number of ether oxygens (including phenoxy) is 1. The summed E-state index contributed by atoms with van der Waals surface area (Å²) >= 11 is 6.11. The molecule has 6 heteroatoms. The Kier molecular flexibility index (Phi) is 5.39. The first-order valence-corrected chi connectivity index (χ1v) is 8.37. The number of methoxy groups -OCH3 is 1. The molecule has 0 aliphatic rings. The van der Waals surface area contributed by atoms with Crippen molar-refractivity contribution >= 4 is 23.3 Å². The highest BCUT2D eigenvalue weighted by Crippen LogP contribution is 2.31. The lowest BCUT2D eigenvalue weighted by molar-refractivity contribution is 0.259. The lowest BCUT2D eigenvalue weighted by Gasteiger charge is -2.11. The highest BCUT2D eigenvalue weighted by molar-refractivity contribution is 6.30. The van der Waals surface area contributed by atoms with Gasteiger partial charge in [-0.1, -0.05) is 35.9 Å². The number of benzene rings is 2. The first-order valence-electron chi connectivity index (χ1n) is 7.99. The quantitative estimate of drug-likeness (QED) is 0.697. The van der Waals surface area contributed by atoms with Crippen molar-refractivity contribution in [1.29, 1.82) is 0 Å². The van der Waals surface area contributed by atoms with Gasteiger partial charge in [-0.3, -0.25) is 0 Å². The van der Waals surface area contributed by atoms with E-state index >= 15 is 0 Å². The van der Waals surface area contributed by atoms with Crippen LogP contribution >= 0.6 is 11.6 Å². The summed E-state index contributed by atoms with van der Waals surface area (Å²) in [6, 6.07) is 16.6. The van der Waals surface area contributed by atoms with Crippen LogP contribution in [-0.2, 0) is 6.42 Å². The second kappa shape index (κ2) is 7.89. The monoisotopic (exact) mass is 367 g/mol. The number of amides is 2. The van der Waals surface area contributed by atoms with Crippen molar-refractivity contribution in [2.45, 2.75) is 6.42 Å². The number of pyridine rings is 1. The zero-order chi connectivity index (χ0) is 18.5. The van der Waals surface area contributed by atoms with Crippen LogP contribution in [0.3, 0.4) is 0 Å². The van der Waals surface area contributed by atoms with Gasteiger partial charge in [-0.25, -0.2) is 9.78 Å². The first-order chi connectivity index (χ1) is 12.5. The highest BCUT2D eigenvalue weighted by atomic mass is 35.5. The van der Waals surface area contributed by atoms with E-state index in [2.05, 4.69) is 10.3 Å². The van der Waals surface area contributed by atoms with Crippen molar-refractivity contribution in [3.63, 3.8) is 0 Å². The van der Waals surface area contributed by atoms with Crippen molar-refractivity contribution < 1.29 is 9.53 Å². The van der Waals surface area contributed by atoms with Crippen LogP contribution in [0.5, 0.6) is 5.88 Å². The third kappa shape index (κ3) is 4.32. The van der Waals surface area contributed by atoms with E-state index in [1.165, 1.54) is 0 Å². The summed E-state index contributed by atoms with van der Waals surface area (Å²) in [5, 5.41) is 3.20. The van der Waals surface area contributed by atoms with E-state index in [4.69, 9.17) is 22.1 Å². The van der Waals surface area contributed by atoms with Crippen molar-refractivity contribution in [1.82, 2.24) is 4.98 Å². The minimum absolute atomic E-state index is 0.553. The van der Waals surface area contributed by atoms with Crippen LogP contribution in [0.15, 0.2) is 60.8 Å². The number of anilines is 1. The molecule has 0 saturated heterocycles. The molecule has 1 heterocycles. The highest BCUT2D eigenvalue weighted by Gasteiger charge is 2.10. The van der Waals surface area contributed by atoms with Gasteiger partial charge < -0.3 is 15.8 Å². The molecule has 2 aromatic carbocycles. The molecule has 0 fully saturated rings. The van der Waals surface area contributed by atoms with Crippen LogP contribution in [0, 0.1) is 0 Å². The SMILES string of the molecule is COc1ncc(Cc2ccc(NC(N)=O)cc2)cc1-c1cccc(Cl)c1. The Hall–Kier alpha value is -3.05. The molecule has 0 saturated carbocycles. The van der Waals surface area contributed by atoms with Crippen LogP contribution in [0.2, 0.25) is 5.02 Å². The summed E-state index contributed by atoms with van der Waals surface area (Å²) in [6.07, 6.45) is 2.49. The van der Waals surface area contributed by atoms with Crippen LogP contribution in [0.25, 0.3) is 11.1 Å². The maximum Gasteiger partial charge on any atom is 0.316 e. The summed E-state index contributed by atoms with van der Waals surface area (Å²) in [5.41, 5.74) is 9.74. The average Bonchev–Trinajstić information content (AvgIpc) is 2.63. The van der Waals surface area contributed by atoms with E-state index in [1.54, 1.807) is 13.3 Å². The number of rotatable bonds is 5. The van der Waals surface area contributed by atoms with Gasteiger partial charge in [-0.05, 0) is 53.4 Å². The lowest BCUT2D eigenvalue weighted by atomic mass is 10.0. The molecule has 0 radical (unpaired) electrons. The number of aromatic nitrogens is 1. The third-order valence-corrected chi connectivity index (χ3v) is 4.10. The van der Waals surface area contributed by atoms with Crippen LogP contribution in [0.1, 0.15) is 11.1 Å². The van der Waals surface area contributed by atoms with Gasteiger partial charge in [0.25, 0.3) is 0 Å². The second-order valence-electron chi connectivity index (χ2n) is 5.77. The molecule has 3 N–H and O–H groups in total. The van der Waals surface area contributed by atoms with Crippen molar-refractivity contribution in [2.75, 3.05) is 12.4 Å². The first kappa shape index (κ1) is 17.8. The number of carbonyl (C=O) groups excluding carboxylic acids is 1. The Morgan fingerprint density at radius 1 is 1.15 bits per heavy atom. The Balaban J connectivity index is 1.87. The average molecular weight is 368 g/mol. The van der Waals surface area contributed by atoms with Gasteiger partial charge in [0.2, 0.25) is 5.88 Å². The fourth-order valence-electron chi connectivity index (χ4n) is 2.70. The van der Waals surface area contributed by atoms with Crippen molar-refractivity contribution in [3.8, 4) is 17.0 Å². The normalized spacial score (nSPS) is 10.4. The molecule has 5 nitrogen and oxygen atoms in total. The number of nitrogens with two attached hydrogens (primary N) is 1. The molecular formula is C20H18ClN3O2. The number of urea groups is 1. The molecule has 132 valence electrons. The fraction of sp³-hybridized carbons (Fsp3) is 0.100. The van der Waals surface area contributed by atoms with Gasteiger partial charge in [0, 0.05) is 22.5 Å². The minimum Gasteiger partial charge on any atom is -0.481 e. The molecule has 3 rings (SSSR count).